The molecule has 1 nitrogen and oxygen atoms in total. The number of nitrogens with zero attached hydrogens (tertiary/aromatic N) is 1. The third-order valence-corrected chi connectivity index (χ3v) is 16.5. The van der Waals surface area contributed by atoms with E-state index in [1.54, 1.807) is 0 Å². The van der Waals surface area contributed by atoms with Crippen LogP contribution in [0.1, 0.15) is 0 Å². The molecule has 2 heterocycles. The SMILES string of the molecule is c1ccc(-c2c3ccccc3c(-c3ccc4[se]c5c(-c6c7ccccc7c(-c7ccc8c(c7)c7ccccc7n8-c7ccccc7)c7ccccc67)cccc5c4c3)c3ccccc23)cc1. The molecule has 0 saturated carbocycles. The van der Waals surface area contributed by atoms with Gasteiger partial charge in [0, 0.05) is 0 Å². The van der Waals surface area contributed by atoms with Crippen molar-refractivity contribution < 1.29 is 0 Å². The van der Waals surface area contributed by atoms with E-state index in [1.807, 2.05) is 0 Å². The van der Waals surface area contributed by atoms with Crippen molar-refractivity contribution in [2.24, 2.45) is 0 Å². The van der Waals surface area contributed by atoms with Crippen LogP contribution >= 0.6 is 0 Å². The van der Waals surface area contributed by atoms with Crippen molar-refractivity contribution in [2.45, 2.75) is 0 Å². The second kappa shape index (κ2) is 14.8. The molecule has 0 N–H and O–H groups in total. The van der Waals surface area contributed by atoms with Crippen LogP contribution in [0.5, 0.6) is 0 Å². The molecule has 14 rings (SSSR count). The zero-order valence-corrected chi connectivity index (χ0v) is 37.6. The third kappa shape index (κ3) is 5.53. The Kier molecular flexibility index (Phi) is 8.37. The van der Waals surface area contributed by atoms with E-state index < -0.39 is 0 Å². The predicted molar refractivity (Wildman–Crippen MR) is 285 cm³/mol. The second-order valence-electron chi connectivity index (χ2n) is 17.5. The number of para-hydroxylation sites is 2. The van der Waals surface area contributed by atoms with E-state index in [1.165, 1.54) is 134 Å². The van der Waals surface area contributed by atoms with Gasteiger partial charge < -0.3 is 0 Å². The van der Waals surface area contributed by atoms with E-state index in [0.717, 1.165) is 0 Å². The molecule has 0 atom stereocenters. The van der Waals surface area contributed by atoms with Gasteiger partial charge in [0.1, 0.15) is 0 Å². The molecule has 0 amide bonds. The average molecular weight is 901 g/mol. The van der Waals surface area contributed by atoms with Crippen molar-refractivity contribution in [1.82, 2.24) is 4.57 Å². The summed E-state index contributed by atoms with van der Waals surface area (Å²) in [6.07, 6.45) is 0. The molecule has 0 aliphatic carbocycles. The van der Waals surface area contributed by atoms with Crippen LogP contribution < -0.4 is 0 Å². The molecule has 0 spiro atoms. The number of aromatic nitrogens is 1. The molecular weight excluding hydrogens is 862 g/mol. The molecule has 0 saturated heterocycles. The number of fused-ring (bicyclic) bond motifs is 10. The van der Waals surface area contributed by atoms with E-state index in [4.69, 9.17) is 0 Å². The molecule has 12 aromatic carbocycles. The van der Waals surface area contributed by atoms with Gasteiger partial charge in [0.15, 0.2) is 0 Å². The first-order chi connectivity index (χ1) is 32.8. The second-order valence-corrected chi connectivity index (χ2v) is 19.7. The van der Waals surface area contributed by atoms with E-state index in [-0.39, 0.29) is 14.5 Å². The Morgan fingerprint density at radius 1 is 0.258 bits per heavy atom. The summed E-state index contributed by atoms with van der Waals surface area (Å²) in [5, 5.41) is 15.5. The van der Waals surface area contributed by atoms with Crippen molar-refractivity contribution in [1.29, 1.82) is 0 Å². The van der Waals surface area contributed by atoms with Crippen LogP contribution in [0.15, 0.2) is 237 Å². The monoisotopic (exact) mass is 901 g/mol. The summed E-state index contributed by atoms with van der Waals surface area (Å²) < 4.78 is 5.30. The van der Waals surface area contributed by atoms with Gasteiger partial charge in [-0.15, -0.1) is 0 Å². The van der Waals surface area contributed by atoms with Gasteiger partial charge >= 0.3 is 354 Å². The summed E-state index contributed by atoms with van der Waals surface area (Å²) in [6.45, 7) is 0. The Labute approximate surface area is 387 Å². The maximum atomic E-state index is 2.49. The standard InChI is InChI=1S/C64H39NSe/c1-3-18-40(19-4-1)60-45-23-7-9-25-47(45)62(48-26-10-8-24-46(48)60)42-35-37-59-56(39-42)53-31-17-32-54(64(53)66-59)63-51-29-13-11-27-49(51)61(50-28-12-14-30-52(50)63)41-34-36-58-55(38-41)44-22-15-16-33-57(44)65(58)43-20-5-2-6-21-43/h1-39H. The maximum absolute atomic E-state index is 2.49. The van der Waals surface area contributed by atoms with Gasteiger partial charge in [0.2, 0.25) is 0 Å². The molecule has 14 aromatic rings. The zero-order chi connectivity index (χ0) is 43.3. The number of hydrogen-bond acceptors (Lipinski definition) is 0. The van der Waals surface area contributed by atoms with Crippen molar-refractivity contribution in [2.75, 3.05) is 0 Å². The molecule has 0 bridgehead atoms. The fourth-order valence-electron chi connectivity index (χ4n) is 11.2. The average Bonchev–Trinajstić information content (AvgIpc) is 3.93. The molecule has 66 heavy (non-hydrogen) atoms. The van der Waals surface area contributed by atoms with Crippen molar-refractivity contribution in [3.63, 3.8) is 0 Å². The minimum atomic E-state index is 0.125. The summed E-state index contributed by atoms with van der Waals surface area (Å²) in [5.74, 6) is 0. The van der Waals surface area contributed by atoms with Crippen LogP contribution in [0.4, 0.5) is 0 Å². The first kappa shape index (κ1) is 37.4. The van der Waals surface area contributed by atoms with Crippen molar-refractivity contribution >= 4 is 98.7 Å². The summed E-state index contributed by atoms with van der Waals surface area (Å²) >= 11 is 0.125. The summed E-state index contributed by atoms with van der Waals surface area (Å²) in [7, 11) is 0. The molecular formula is C64H39NSe. The molecule has 0 radical (unpaired) electrons. The zero-order valence-electron chi connectivity index (χ0n) is 35.9. The quantitative estimate of drug-likeness (QED) is 0.120. The summed E-state index contributed by atoms with van der Waals surface area (Å²) in [5.41, 5.74) is 13.9. The van der Waals surface area contributed by atoms with Gasteiger partial charge in [0.05, 0.1) is 0 Å². The Morgan fingerprint density at radius 2 is 0.682 bits per heavy atom. The summed E-state index contributed by atoms with van der Waals surface area (Å²) in [4.78, 5) is 0. The van der Waals surface area contributed by atoms with Gasteiger partial charge in [-0.1, -0.05) is 24.3 Å². The van der Waals surface area contributed by atoms with Crippen molar-refractivity contribution in [3.05, 3.63) is 237 Å². The molecule has 306 valence electrons. The topological polar surface area (TPSA) is 4.93 Å². The van der Waals surface area contributed by atoms with Crippen LogP contribution in [-0.4, -0.2) is 19.1 Å². The number of rotatable bonds is 5. The van der Waals surface area contributed by atoms with Crippen molar-refractivity contribution in [3.8, 4) is 50.2 Å². The predicted octanol–water partition coefficient (Wildman–Crippen LogP) is 17.4. The van der Waals surface area contributed by atoms with Crippen LogP contribution in [0, 0.1) is 0 Å². The van der Waals surface area contributed by atoms with E-state index in [0.29, 0.717) is 0 Å². The van der Waals surface area contributed by atoms with Crippen LogP contribution in [-0.2, 0) is 0 Å². The molecule has 2 aromatic heterocycles. The minimum absolute atomic E-state index is 0.125. The molecule has 0 aliphatic heterocycles. The van der Waals surface area contributed by atoms with Gasteiger partial charge in [-0.3, -0.25) is 0 Å². The fraction of sp³-hybridized carbons (Fsp3) is 0. The first-order valence-corrected chi connectivity index (χ1v) is 24.5. The molecule has 0 fully saturated rings. The molecule has 2 heteroatoms. The Balaban J connectivity index is 0.983. The molecule has 0 aliphatic rings. The Hall–Kier alpha value is -8.00. The molecule has 0 unspecified atom stereocenters. The summed E-state index contributed by atoms with van der Waals surface area (Å²) in [6, 6.07) is 88.1. The van der Waals surface area contributed by atoms with E-state index >= 15 is 0 Å². The normalized spacial score (nSPS) is 11.9. The number of benzene rings is 12. The van der Waals surface area contributed by atoms with E-state index in [9.17, 15) is 0 Å². The van der Waals surface area contributed by atoms with Crippen LogP contribution in [0.25, 0.3) is 134 Å². The van der Waals surface area contributed by atoms with Gasteiger partial charge in [-0.05, 0) is 12.1 Å². The number of hydrogen-bond donors (Lipinski definition) is 0. The van der Waals surface area contributed by atoms with Gasteiger partial charge in [0.25, 0.3) is 0 Å². The van der Waals surface area contributed by atoms with Gasteiger partial charge in [-0.2, -0.15) is 0 Å². The van der Waals surface area contributed by atoms with Crippen LogP contribution in [0.3, 0.4) is 0 Å². The Bertz CT molecular complexity index is 4160. The first-order valence-electron chi connectivity index (χ1n) is 22.8. The third-order valence-electron chi connectivity index (χ3n) is 14.0. The Morgan fingerprint density at radius 3 is 1.26 bits per heavy atom. The van der Waals surface area contributed by atoms with Crippen LogP contribution in [0.2, 0.25) is 0 Å². The fourth-order valence-corrected chi connectivity index (χ4v) is 13.7. The van der Waals surface area contributed by atoms with E-state index in [2.05, 4.69) is 241 Å². The van der Waals surface area contributed by atoms with Gasteiger partial charge in [-0.25, -0.2) is 0 Å².